The predicted molar refractivity (Wildman–Crippen MR) is 171 cm³/mol. The van der Waals surface area contributed by atoms with Gasteiger partial charge in [-0.3, -0.25) is 0 Å². The van der Waals surface area contributed by atoms with Crippen LogP contribution in [-0.2, 0) is 38.0 Å². The van der Waals surface area contributed by atoms with Gasteiger partial charge in [0.25, 0.3) is 0 Å². The first-order chi connectivity index (χ1) is 23.8. The highest BCUT2D eigenvalue weighted by molar-refractivity contribution is 5.85. The van der Waals surface area contributed by atoms with E-state index in [9.17, 15) is 40.2 Å². The van der Waals surface area contributed by atoms with Gasteiger partial charge in [-0.15, -0.1) is 0 Å². The first kappa shape index (κ1) is 36.8. The summed E-state index contributed by atoms with van der Waals surface area (Å²) in [6, 6.07) is 0. The van der Waals surface area contributed by atoms with Crippen LogP contribution in [0.15, 0.2) is 11.6 Å². The first-order valence-electron chi connectivity index (χ1n) is 18.4. The molecule has 50 heavy (non-hydrogen) atoms. The molecule has 2 saturated heterocycles. The minimum atomic E-state index is -1.63. The average Bonchev–Trinajstić information content (AvgIpc) is 3.65. The van der Waals surface area contributed by atoms with E-state index in [1.807, 2.05) is 0 Å². The topological polar surface area (TPSA) is 211 Å². The van der Waals surface area contributed by atoms with Crippen LogP contribution < -0.4 is 0 Å². The molecule has 0 bridgehead atoms. The standard InChI is InChI=1S/C36H54O14/c1-17-30(50-32-28(42)27(41)26(40)24(14-37)49-32)31(45-3)29(43)33(47-17)48-20-6-10-35(16-38)19(13-20)4-5-23-22(35)7-9-34(2)21(8-11-36(23,34)44)18-12-25(39)46-15-18/h12,16-17,19-24,26-33,37,40-44H,4-11,13-15H2,1-3H3/t17-,19?,20+,21-,22+,23-,24-,26-,27+,28-,29-,30+,31-,32+,33+,34-,35-,36+/m1/s1. The molecule has 3 heterocycles. The molecule has 14 heteroatoms. The van der Waals surface area contributed by atoms with E-state index in [1.165, 1.54) is 7.11 Å². The number of esters is 1. The van der Waals surface area contributed by atoms with Crippen molar-refractivity contribution in [3.8, 4) is 0 Å². The maximum absolute atomic E-state index is 13.2. The molecule has 0 spiro atoms. The Morgan fingerprint density at radius 3 is 2.34 bits per heavy atom. The van der Waals surface area contributed by atoms with Crippen molar-refractivity contribution in [2.45, 2.75) is 145 Å². The number of cyclic esters (lactones) is 1. The third-order valence-corrected chi connectivity index (χ3v) is 14.2. The summed E-state index contributed by atoms with van der Waals surface area (Å²) < 4.78 is 34.9. The normalized spacial score (nSPS) is 53.5. The number of carbonyl (C=O) groups is 2. The van der Waals surface area contributed by atoms with Crippen molar-refractivity contribution in [2.75, 3.05) is 20.3 Å². The molecule has 282 valence electrons. The van der Waals surface area contributed by atoms with Crippen LogP contribution in [0.1, 0.15) is 71.6 Å². The summed E-state index contributed by atoms with van der Waals surface area (Å²) >= 11 is 0. The fraction of sp³-hybridized carbons (Fsp3) is 0.889. The van der Waals surface area contributed by atoms with Gasteiger partial charge in [0.15, 0.2) is 12.6 Å². The molecule has 7 aliphatic rings. The molecule has 7 rings (SSSR count). The van der Waals surface area contributed by atoms with Gasteiger partial charge in [0.05, 0.1) is 24.4 Å². The highest BCUT2D eigenvalue weighted by Gasteiger charge is 2.69. The lowest BCUT2D eigenvalue weighted by atomic mass is 9.43. The second kappa shape index (κ2) is 13.7. The highest BCUT2D eigenvalue weighted by Crippen LogP contribution is 2.69. The number of methoxy groups -OCH3 is 1. The number of hydrogen-bond acceptors (Lipinski definition) is 14. The van der Waals surface area contributed by atoms with Gasteiger partial charge < -0.3 is 63.9 Å². The van der Waals surface area contributed by atoms with E-state index in [2.05, 4.69) is 6.92 Å². The van der Waals surface area contributed by atoms with E-state index in [-0.39, 0.29) is 35.7 Å². The third kappa shape index (κ3) is 5.64. The Morgan fingerprint density at radius 2 is 1.66 bits per heavy atom. The molecule has 6 fully saturated rings. The number of fused-ring (bicyclic) bond motifs is 5. The van der Waals surface area contributed by atoms with Crippen molar-refractivity contribution in [1.82, 2.24) is 0 Å². The van der Waals surface area contributed by atoms with Gasteiger partial charge >= 0.3 is 5.97 Å². The Morgan fingerprint density at radius 1 is 0.900 bits per heavy atom. The molecule has 14 nitrogen and oxygen atoms in total. The molecule has 0 amide bonds. The SMILES string of the molecule is CO[C@@H]1[C@@H](O)[C@H](O[C@H]2CC[C@@]3(C=O)C(CC[C@@H]4[C@@H]3CC[C@]3(C)[C@@H](C5=CC(=O)OC5)CC[C@]43O)C2)O[C@H](C)[C@@H]1O[C@@H]1O[C@H](CO)[C@@H](O)[C@H](O)[C@H]1O. The fourth-order valence-electron chi connectivity index (χ4n) is 11.5. The van der Waals surface area contributed by atoms with Crippen LogP contribution >= 0.6 is 0 Å². The molecule has 6 N–H and O–H groups in total. The molecule has 18 atom stereocenters. The van der Waals surface area contributed by atoms with Crippen LogP contribution in [0.3, 0.4) is 0 Å². The molecule has 3 aliphatic heterocycles. The zero-order valence-electron chi connectivity index (χ0n) is 29.0. The van der Waals surface area contributed by atoms with Crippen LogP contribution in [0.5, 0.6) is 0 Å². The summed E-state index contributed by atoms with van der Waals surface area (Å²) in [5.41, 5.74) is -0.922. The lowest BCUT2D eigenvalue weighted by Crippen LogP contribution is -2.65. The van der Waals surface area contributed by atoms with Crippen LogP contribution in [0.25, 0.3) is 0 Å². The number of aldehydes is 1. The molecular weight excluding hydrogens is 656 g/mol. The number of aliphatic hydroxyl groups is 6. The van der Waals surface area contributed by atoms with Crippen LogP contribution in [0.4, 0.5) is 0 Å². The molecule has 0 aromatic carbocycles. The molecule has 1 unspecified atom stereocenters. The summed E-state index contributed by atoms with van der Waals surface area (Å²) in [5.74, 6) is -0.159. The quantitative estimate of drug-likeness (QED) is 0.112. The average molecular weight is 711 g/mol. The Bertz CT molecular complexity index is 1310. The molecule has 0 aromatic rings. The van der Waals surface area contributed by atoms with Gasteiger partial charge in [0, 0.05) is 24.0 Å². The van der Waals surface area contributed by atoms with Crippen LogP contribution in [0.2, 0.25) is 0 Å². The van der Waals surface area contributed by atoms with Crippen molar-refractivity contribution in [3.05, 3.63) is 11.6 Å². The Hall–Kier alpha value is -1.56. The Labute approximate surface area is 292 Å². The summed E-state index contributed by atoms with van der Waals surface area (Å²) in [6.07, 6.45) is -3.53. The lowest BCUT2D eigenvalue weighted by Gasteiger charge is -2.63. The number of ether oxygens (including phenoxy) is 6. The monoisotopic (exact) mass is 710 g/mol. The minimum Gasteiger partial charge on any atom is -0.458 e. The van der Waals surface area contributed by atoms with E-state index < -0.39 is 84.4 Å². The van der Waals surface area contributed by atoms with Crippen molar-refractivity contribution in [1.29, 1.82) is 0 Å². The summed E-state index contributed by atoms with van der Waals surface area (Å²) in [5, 5.41) is 64.3. The lowest BCUT2D eigenvalue weighted by molar-refractivity contribution is -0.362. The van der Waals surface area contributed by atoms with Gasteiger partial charge in [-0.25, -0.2) is 4.79 Å². The van der Waals surface area contributed by atoms with Gasteiger partial charge in [0.2, 0.25) is 0 Å². The molecule has 0 aromatic heterocycles. The van der Waals surface area contributed by atoms with E-state index in [0.717, 1.165) is 44.0 Å². The number of aliphatic hydroxyl groups excluding tert-OH is 5. The summed E-state index contributed by atoms with van der Waals surface area (Å²) in [7, 11) is 1.40. The van der Waals surface area contributed by atoms with Crippen molar-refractivity contribution < 1.29 is 68.6 Å². The zero-order chi connectivity index (χ0) is 35.7. The fourth-order valence-corrected chi connectivity index (χ4v) is 11.5. The molecule has 4 aliphatic carbocycles. The second-order valence-corrected chi connectivity index (χ2v) is 16.2. The van der Waals surface area contributed by atoms with Gasteiger partial charge in [-0.05, 0) is 94.0 Å². The number of carbonyl (C=O) groups excluding carboxylic acids is 2. The van der Waals surface area contributed by atoms with Crippen LogP contribution in [-0.4, -0.2) is 136 Å². The van der Waals surface area contributed by atoms with Crippen molar-refractivity contribution in [3.63, 3.8) is 0 Å². The molecule has 4 saturated carbocycles. The van der Waals surface area contributed by atoms with E-state index in [1.54, 1.807) is 13.0 Å². The summed E-state index contributed by atoms with van der Waals surface area (Å²) in [4.78, 5) is 25.1. The number of hydrogen-bond donors (Lipinski definition) is 6. The minimum absolute atomic E-state index is 0.0174. The molecular formula is C36H54O14. The van der Waals surface area contributed by atoms with E-state index in [0.29, 0.717) is 32.3 Å². The second-order valence-electron chi connectivity index (χ2n) is 16.2. The van der Waals surface area contributed by atoms with Crippen molar-refractivity contribution in [2.24, 2.45) is 34.5 Å². The zero-order valence-corrected chi connectivity index (χ0v) is 29.0. The predicted octanol–water partition coefficient (Wildman–Crippen LogP) is 0.113. The number of rotatable bonds is 8. The molecule has 0 radical (unpaired) electrons. The Kier molecular flexibility index (Phi) is 10.1. The smallest absolute Gasteiger partial charge is 0.331 e. The van der Waals surface area contributed by atoms with Crippen LogP contribution in [0, 0.1) is 34.5 Å². The third-order valence-electron chi connectivity index (χ3n) is 14.2. The largest absolute Gasteiger partial charge is 0.458 e. The van der Waals surface area contributed by atoms with Gasteiger partial charge in [-0.1, -0.05) is 6.92 Å². The maximum Gasteiger partial charge on any atom is 0.331 e. The van der Waals surface area contributed by atoms with E-state index in [4.69, 9.17) is 28.4 Å². The van der Waals surface area contributed by atoms with Gasteiger partial charge in [0.1, 0.15) is 55.6 Å². The highest BCUT2D eigenvalue weighted by atomic mass is 16.7. The first-order valence-corrected chi connectivity index (χ1v) is 18.4. The van der Waals surface area contributed by atoms with E-state index >= 15 is 0 Å². The maximum atomic E-state index is 13.2. The van der Waals surface area contributed by atoms with Crippen molar-refractivity contribution >= 4 is 12.3 Å². The Balaban J connectivity index is 1.01. The summed E-state index contributed by atoms with van der Waals surface area (Å²) in [6.45, 7) is 3.55. The van der Waals surface area contributed by atoms with Gasteiger partial charge in [-0.2, -0.15) is 0 Å².